The van der Waals surface area contributed by atoms with Crippen LogP contribution in [0.5, 0.6) is 5.75 Å². The van der Waals surface area contributed by atoms with Crippen molar-refractivity contribution in [2.45, 2.75) is 20.0 Å². The van der Waals surface area contributed by atoms with Gasteiger partial charge in [-0.05, 0) is 43.7 Å². The van der Waals surface area contributed by atoms with Gasteiger partial charge < -0.3 is 10.1 Å². The van der Waals surface area contributed by atoms with Gasteiger partial charge in [-0.15, -0.1) is 0 Å². The molecule has 0 bridgehead atoms. The Morgan fingerprint density at radius 1 is 0.963 bits per heavy atom. The number of hydrogen-bond donors (Lipinski definition) is 1. The van der Waals surface area contributed by atoms with Gasteiger partial charge in [-0.25, -0.2) is 0 Å². The summed E-state index contributed by atoms with van der Waals surface area (Å²) < 4.78 is 5.76. The number of nitrogens with zero attached hydrogens (tertiary/aromatic N) is 1. The topological polar surface area (TPSA) is 41.6 Å². The van der Waals surface area contributed by atoms with Gasteiger partial charge in [0.1, 0.15) is 11.9 Å². The van der Waals surface area contributed by atoms with Crippen molar-refractivity contribution in [3.63, 3.8) is 0 Å². The molecular weight excluding hydrogens is 336 g/mol. The molecule has 4 rings (SSSR count). The summed E-state index contributed by atoms with van der Waals surface area (Å²) >= 11 is 0. The van der Waals surface area contributed by atoms with E-state index < -0.39 is 0 Å². The van der Waals surface area contributed by atoms with E-state index in [9.17, 15) is 4.79 Å². The average molecular weight is 358 g/mol. The van der Waals surface area contributed by atoms with Gasteiger partial charge in [-0.3, -0.25) is 9.69 Å². The molecule has 4 heteroatoms. The number of carbonyl (C=O) groups is 1. The number of nitrogens with one attached hydrogen (secondary N) is 1. The first-order valence-corrected chi connectivity index (χ1v) is 9.17. The van der Waals surface area contributed by atoms with Crippen LogP contribution in [0.2, 0.25) is 0 Å². The maximum absolute atomic E-state index is 13.2. The Kier molecular flexibility index (Phi) is 4.55. The normalized spacial score (nSPS) is 15.6. The van der Waals surface area contributed by atoms with E-state index >= 15 is 0 Å². The summed E-state index contributed by atoms with van der Waals surface area (Å²) in [6.07, 6.45) is -0.295. The fraction of sp³-hybridized carbons (Fsp3) is 0.174. The lowest BCUT2D eigenvalue weighted by molar-refractivity contribution is 0.0992. The van der Waals surface area contributed by atoms with Gasteiger partial charge in [0.05, 0.1) is 12.3 Å². The number of carbonyl (C=O) groups excluding carboxylic acids is 1. The quantitative estimate of drug-likeness (QED) is 0.684. The largest absolute Gasteiger partial charge is 0.492 e. The minimum atomic E-state index is -0.295. The van der Waals surface area contributed by atoms with Crippen molar-refractivity contribution in [1.29, 1.82) is 0 Å². The van der Waals surface area contributed by atoms with Crippen molar-refractivity contribution >= 4 is 17.3 Å². The summed E-state index contributed by atoms with van der Waals surface area (Å²) in [7, 11) is 0. The van der Waals surface area contributed by atoms with E-state index in [0.717, 1.165) is 33.8 Å². The summed E-state index contributed by atoms with van der Waals surface area (Å²) in [5.74, 6) is 0.785. The first-order valence-electron chi connectivity index (χ1n) is 9.17. The van der Waals surface area contributed by atoms with Crippen LogP contribution in [0, 0.1) is 6.92 Å². The van der Waals surface area contributed by atoms with Crippen LogP contribution in [0.25, 0.3) is 0 Å². The first-order chi connectivity index (χ1) is 13.2. The number of anilines is 2. The summed E-state index contributed by atoms with van der Waals surface area (Å²) in [5, 5.41) is 3.54. The highest BCUT2D eigenvalue weighted by molar-refractivity contribution is 6.11. The molecule has 0 spiro atoms. The van der Waals surface area contributed by atoms with Crippen LogP contribution in [0.3, 0.4) is 0 Å². The van der Waals surface area contributed by atoms with Gasteiger partial charge in [-0.2, -0.15) is 0 Å². The summed E-state index contributed by atoms with van der Waals surface area (Å²) in [5.41, 5.74) is 4.53. The van der Waals surface area contributed by atoms with Crippen LogP contribution >= 0.6 is 0 Å². The van der Waals surface area contributed by atoms with Gasteiger partial charge in [-0.1, -0.05) is 48.5 Å². The summed E-state index contributed by atoms with van der Waals surface area (Å²) in [4.78, 5) is 15.1. The third-order valence-electron chi connectivity index (χ3n) is 4.82. The Balaban J connectivity index is 1.80. The molecule has 0 radical (unpaired) electrons. The Morgan fingerprint density at radius 2 is 1.67 bits per heavy atom. The fourth-order valence-corrected chi connectivity index (χ4v) is 3.56. The highest BCUT2D eigenvalue weighted by atomic mass is 16.5. The predicted molar refractivity (Wildman–Crippen MR) is 108 cm³/mol. The molecule has 0 saturated carbocycles. The summed E-state index contributed by atoms with van der Waals surface area (Å²) in [6, 6.07) is 23.6. The zero-order valence-electron chi connectivity index (χ0n) is 15.5. The van der Waals surface area contributed by atoms with Crippen LogP contribution < -0.4 is 15.0 Å². The third-order valence-corrected chi connectivity index (χ3v) is 4.82. The smallest absolute Gasteiger partial charge is 0.260 e. The first kappa shape index (κ1) is 17.2. The van der Waals surface area contributed by atoms with Crippen molar-refractivity contribution in [2.75, 3.05) is 16.8 Å². The monoisotopic (exact) mass is 358 g/mol. The van der Waals surface area contributed by atoms with E-state index in [4.69, 9.17) is 4.74 Å². The molecule has 1 atom stereocenters. The van der Waals surface area contributed by atoms with Crippen LogP contribution in [-0.4, -0.2) is 12.5 Å². The Labute approximate surface area is 159 Å². The molecule has 0 saturated heterocycles. The standard InChI is InChI=1S/C23H22N2O2/c1-3-27-21-15-9-7-13-19(21)24-22-17-11-5-6-12-18(17)23(26)25(22)20-14-8-4-10-16(20)2/h4-15,22,24H,3H2,1-2H3/t22-/m1/s1. The molecule has 3 aromatic carbocycles. The lowest BCUT2D eigenvalue weighted by Gasteiger charge is -2.29. The van der Waals surface area contributed by atoms with E-state index in [0.29, 0.717) is 6.61 Å². The van der Waals surface area contributed by atoms with E-state index in [1.54, 1.807) is 0 Å². The van der Waals surface area contributed by atoms with Crippen LogP contribution in [0.1, 0.15) is 34.6 Å². The summed E-state index contributed by atoms with van der Waals surface area (Å²) in [6.45, 7) is 4.57. The van der Waals surface area contributed by atoms with Crippen molar-refractivity contribution in [2.24, 2.45) is 0 Å². The van der Waals surface area contributed by atoms with Gasteiger partial charge in [0.15, 0.2) is 0 Å². The molecule has 0 unspecified atom stereocenters. The highest BCUT2D eigenvalue weighted by Crippen LogP contribution is 2.40. The lowest BCUT2D eigenvalue weighted by atomic mass is 10.1. The Hall–Kier alpha value is -3.27. The van der Waals surface area contributed by atoms with E-state index in [1.165, 1.54) is 0 Å². The minimum Gasteiger partial charge on any atom is -0.492 e. The zero-order chi connectivity index (χ0) is 18.8. The maximum Gasteiger partial charge on any atom is 0.260 e. The van der Waals surface area contributed by atoms with Crippen molar-refractivity contribution in [3.05, 3.63) is 89.5 Å². The van der Waals surface area contributed by atoms with E-state index in [1.807, 2.05) is 91.5 Å². The van der Waals surface area contributed by atoms with Gasteiger partial charge >= 0.3 is 0 Å². The molecule has 1 aliphatic heterocycles. The maximum atomic E-state index is 13.2. The number of amides is 1. The molecule has 1 amide bonds. The Bertz CT molecular complexity index is 983. The van der Waals surface area contributed by atoms with Crippen molar-refractivity contribution in [3.8, 4) is 5.75 Å². The van der Waals surface area contributed by atoms with Crippen molar-refractivity contribution < 1.29 is 9.53 Å². The number of benzene rings is 3. The molecule has 136 valence electrons. The molecule has 0 fully saturated rings. The zero-order valence-corrected chi connectivity index (χ0v) is 15.5. The molecule has 0 aliphatic carbocycles. The molecule has 1 N–H and O–H groups in total. The molecular formula is C23H22N2O2. The molecule has 27 heavy (non-hydrogen) atoms. The molecule has 0 aromatic heterocycles. The van der Waals surface area contributed by atoms with Crippen LogP contribution in [-0.2, 0) is 0 Å². The van der Waals surface area contributed by atoms with Gasteiger partial charge in [0, 0.05) is 16.8 Å². The van der Waals surface area contributed by atoms with E-state index in [2.05, 4.69) is 5.32 Å². The van der Waals surface area contributed by atoms with E-state index in [-0.39, 0.29) is 12.1 Å². The SMILES string of the molecule is CCOc1ccccc1N[C@H]1c2ccccc2C(=O)N1c1ccccc1C. The number of hydrogen-bond acceptors (Lipinski definition) is 3. The molecule has 1 heterocycles. The number of ether oxygens (including phenoxy) is 1. The number of fused-ring (bicyclic) bond motifs is 1. The van der Waals surface area contributed by atoms with Crippen molar-refractivity contribution in [1.82, 2.24) is 0 Å². The number of para-hydroxylation sites is 3. The number of aryl methyl sites for hydroxylation is 1. The fourth-order valence-electron chi connectivity index (χ4n) is 3.56. The third kappa shape index (κ3) is 3.04. The predicted octanol–water partition coefficient (Wildman–Crippen LogP) is 5.16. The second-order valence-corrected chi connectivity index (χ2v) is 6.52. The minimum absolute atomic E-state index is 0.00583. The Morgan fingerprint density at radius 3 is 2.48 bits per heavy atom. The highest BCUT2D eigenvalue weighted by Gasteiger charge is 2.38. The van der Waals surface area contributed by atoms with Crippen LogP contribution in [0.15, 0.2) is 72.8 Å². The average Bonchev–Trinajstić information content (AvgIpc) is 2.96. The lowest BCUT2D eigenvalue weighted by Crippen LogP contribution is -2.32. The van der Waals surface area contributed by atoms with Gasteiger partial charge in [0.25, 0.3) is 5.91 Å². The second-order valence-electron chi connectivity index (χ2n) is 6.52. The molecule has 3 aromatic rings. The molecule has 1 aliphatic rings. The molecule has 4 nitrogen and oxygen atoms in total. The number of rotatable bonds is 5. The van der Waals surface area contributed by atoms with Crippen LogP contribution in [0.4, 0.5) is 11.4 Å². The van der Waals surface area contributed by atoms with Gasteiger partial charge in [0.2, 0.25) is 0 Å². The second kappa shape index (κ2) is 7.16.